The molecule has 0 aromatic rings. The molecule has 9 nitrogen and oxygen atoms in total. The molecule has 0 aromatic heterocycles. The van der Waals surface area contributed by atoms with Gasteiger partial charge in [0.2, 0.25) is 0 Å². The van der Waals surface area contributed by atoms with Gasteiger partial charge in [-0.2, -0.15) is 0 Å². The number of hydrogen-bond donors (Lipinski definition) is 0. The summed E-state index contributed by atoms with van der Waals surface area (Å²) >= 11 is 0. The summed E-state index contributed by atoms with van der Waals surface area (Å²) < 4.78 is 22.7. The van der Waals surface area contributed by atoms with Crippen molar-refractivity contribution in [1.29, 1.82) is 0 Å². The maximum absolute atomic E-state index is 12.9. The minimum absolute atomic E-state index is 0.140. The van der Waals surface area contributed by atoms with Crippen LogP contribution in [0.25, 0.3) is 0 Å². The van der Waals surface area contributed by atoms with E-state index in [1.807, 2.05) is 21.1 Å². The van der Waals surface area contributed by atoms with Gasteiger partial charge in [0.05, 0.1) is 40.3 Å². The average Bonchev–Trinajstić information content (AvgIpc) is 3.37. The fraction of sp³-hybridized carbons (Fsp3) is 0.677. The second-order valence-corrected chi connectivity index (χ2v) is 20.5. The zero-order valence-corrected chi connectivity index (χ0v) is 47.9. The van der Waals surface area contributed by atoms with E-state index in [0.717, 1.165) is 116 Å². The number of nitrogens with zero attached hydrogens (tertiary/aromatic N) is 1. The fourth-order valence-corrected chi connectivity index (χ4v) is 7.72. The van der Waals surface area contributed by atoms with Gasteiger partial charge in [-0.1, -0.05) is 220 Å². The van der Waals surface area contributed by atoms with Gasteiger partial charge in [-0.3, -0.25) is 9.59 Å². The third-order valence-corrected chi connectivity index (χ3v) is 12.3. The molecular formula is C65H109NO8. The Hall–Kier alpha value is -4.05. The van der Waals surface area contributed by atoms with Crippen LogP contribution in [-0.2, 0) is 33.3 Å². The van der Waals surface area contributed by atoms with E-state index in [0.29, 0.717) is 17.4 Å². The van der Waals surface area contributed by atoms with Crippen LogP contribution in [0, 0.1) is 0 Å². The maximum atomic E-state index is 12.9. The van der Waals surface area contributed by atoms with Gasteiger partial charge in [-0.25, -0.2) is 0 Å². The summed E-state index contributed by atoms with van der Waals surface area (Å²) in [4.78, 5) is 37.3. The number of unbranched alkanes of at least 4 members (excludes halogenated alkanes) is 20. The van der Waals surface area contributed by atoms with Crippen LogP contribution in [0.2, 0.25) is 0 Å². The molecular weight excluding hydrogens is 923 g/mol. The first-order chi connectivity index (χ1) is 36.1. The maximum Gasteiger partial charge on any atom is 0.306 e. The van der Waals surface area contributed by atoms with Gasteiger partial charge >= 0.3 is 11.9 Å². The molecule has 0 aromatic carbocycles. The van der Waals surface area contributed by atoms with E-state index < -0.39 is 24.3 Å². The lowest BCUT2D eigenvalue weighted by Gasteiger charge is -2.26. The van der Waals surface area contributed by atoms with Gasteiger partial charge in [0.1, 0.15) is 13.2 Å². The monoisotopic (exact) mass is 1030 g/mol. The van der Waals surface area contributed by atoms with Crippen molar-refractivity contribution in [2.45, 2.75) is 238 Å². The molecule has 9 heteroatoms. The van der Waals surface area contributed by atoms with Gasteiger partial charge in [0.15, 0.2) is 12.4 Å². The van der Waals surface area contributed by atoms with Crippen LogP contribution in [0.3, 0.4) is 0 Å². The average molecular weight is 1030 g/mol. The second kappa shape index (κ2) is 55.2. The van der Waals surface area contributed by atoms with Crippen molar-refractivity contribution in [1.82, 2.24) is 0 Å². The number of quaternary nitrogens is 1. The molecule has 0 saturated carbocycles. The Morgan fingerprint density at radius 3 is 1.16 bits per heavy atom. The first-order valence-corrected chi connectivity index (χ1v) is 29.5. The lowest BCUT2D eigenvalue weighted by molar-refractivity contribution is -0.870. The zero-order valence-electron chi connectivity index (χ0n) is 47.9. The molecule has 2 atom stereocenters. The predicted molar refractivity (Wildman–Crippen MR) is 310 cm³/mol. The van der Waals surface area contributed by atoms with Crippen molar-refractivity contribution in [2.24, 2.45) is 0 Å². The number of ether oxygens (including phenoxy) is 4. The molecule has 0 rings (SSSR count). The molecule has 0 aliphatic heterocycles. The SMILES string of the molecule is CC/C=C\C/C=C\C/C=C\C/C=C\C/C=C\C/C=C\C/C=C\C/C=C\CCCCCCCCCCC(=O)OC(COC(=O)CCCCCCC/C=C\CCCCCCCCC)COC(OCC[N+](C)(C)C)C(=O)[O-]. The first-order valence-electron chi connectivity index (χ1n) is 29.5. The smallest absolute Gasteiger partial charge is 0.306 e. The van der Waals surface area contributed by atoms with Crippen LogP contribution in [0.15, 0.2) is 109 Å². The first kappa shape index (κ1) is 70.0. The molecule has 0 fully saturated rings. The summed E-state index contributed by atoms with van der Waals surface area (Å²) in [5.74, 6) is -2.31. The number of carboxylic acid groups (broad SMARTS) is 1. The van der Waals surface area contributed by atoms with E-state index in [2.05, 4.69) is 123 Å². The van der Waals surface area contributed by atoms with E-state index in [-0.39, 0.29) is 38.6 Å². The van der Waals surface area contributed by atoms with E-state index in [9.17, 15) is 19.5 Å². The van der Waals surface area contributed by atoms with E-state index in [1.165, 1.54) is 77.0 Å². The molecule has 0 spiro atoms. The Morgan fingerprint density at radius 2 is 0.770 bits per heavy atom. The van der Waals surface area contributed by atoms with Crippen LogP contribution in [-0.4, -0.2) is 82.3 Å². The summed E-state index contributed by atoms with van der Waals surface area (Å²) in [6.07, 6.45) is 72.8. The van der Waals surface area contributed by atoms with E-state index in [1.54, 1.807) is 0 Å². The molecule has 0 radical (unpaired) electrons. The van der Waals surface area contributed by atoms with Gasteiger partial charge in [0.25, 0.3) is 0 Å². The molecule has 2 unspecified atom stereocenters. The lowest BCUT2D eigenvalue weighted by Crippen LogP contribution is -2.44. The Balaban J connectivity index is 4.26. The number of carbonyl (C=O) groups excluding carboxylic acids is 3. The third kappa shape index (κ3) is 55.7. The molecule has 0 aliphatic rings. The van der Waals surface area contributed by atoms with Gasteiger partial charge < -0.3 is 33.3 Å². The quantitative estimate of drug-likeness (QED) is 0.0195. The number of carbonyl (C=O) groups is 3. The molecule has 0 bridgehead atoms. The number of rotatable bonds is 53. The number of hydrogen-bond acceptors (Lipinski definition) is 8. The van der Waals surface area contributed by atoms with Crippen molar-refractivity contribution in [2.75, 3.05) is 47.5 Å². The number of allylic oxidation sites excluding steroid dienone is 18. The van der Waals surface area contributed by atoms with Crippen molar-refractivity contribution in [3.8, 4) is 0 Å². The van der Waals surface area contributed by atoms with Crippen LogP contribution in [0.4, 0.5) is 0 Å². The second-order valence-electron chi connectivity index (χ2n) is 20.5. The molecule has 422 valence electrons. The molecule has 74 heavy (non-hydrogen) atoms. The van der Waals surface area contributed by atoms with Gasteiger partial charge in [-0.15, -0.1) is 0 Å². The third-order valence-electron chi connectivity index (χ3n) is 12.3. The normalized spacial score (nSPS) is 13.6. The highest BCUT2D eigenvalue weighted by atomic mass is 16.7. The number of aliphatic carboxylic acids is 1. The van der Waals surface area contributed by atoms with E-state index in [4.69, 9.17) is 18.9 Å². The summed E-state index contributed by atoms with van der Waals surface area (Å²) in [6, 6.07) is 0. The van der Waals surface area contributed by atoms with Crippen molar-refractivity contribution in [3.05, 3.63) is 109 Å². The number of carboxylic acids is 1. The molecule has 0 saturated heterocycles. The molecule has 0 heterocycles. The highest BCUT2D eigenvalue weighted by Crippen LogP contribution is 2.14. The minimum atomic E-state index is -1.63. The minimum Gasteiger partial charge on any atom is -0.545 e. The molecule has 0 amide bonds. The molecule has 0 aliphatic carbocycles. The number of esters is 2. The van der Waals surface area contributed by atoms with Crippen molar-refractivity contribution in [3.63, 3.8) is 0 Å². The Morgan fingerprint density at radius 1 is 0.419 bits per heavy atom. The van der Waals surface area contributed by atoms with E-state index >= 15 is 0 Å². The molecule has 0 N–H and O–H groups in total. The summed E-state index contributed by atoms with van der Waals surface area (Å²) in [6.45, 7) is 4.60. The van der Waals surface area contributed by atoms with Crippen LogP contribution >= 0.6 is 0 Å². The standard InChI is InChI=1S/C65H109NO8/c1-6-8-10-12-14-16-18-20-22-24-25-26-27-28-29-30-31-32-33-34-35-36-37-38-39-40-42-44-46-48-50-52-54-56-63(68)74-61(60-73-65(64(69)70)71-58-57-66(3,4)5)59-72-62(67)55-53-51-49-47-45-43-41-23-21-19-17-15-13-11-9-7-2/h8,10,14,16,20,22-23,25-26,28-29,31-32,34-35,37-38,41,61,65H,6-7,9,11-13,15,17-19,21,24,27,30,33,36,39-40,42-60H2,1-5H3/b10-8-,16-14-,22-20-,26-25-,29-28-,32-31-,35-34-,38-37-,41-23-. The summed E-state index contributed by atoms with van der Waals surface area (Å²) in [7, 11) is 5.91. The predicted octanol–water partition coefficient (Wildman–Crippen LogP) is 16.2. The van der Waals surface area contributed by atoms with Gasteiger partial charge in [-0.05, 0) is 103 Å². The zero-order chi connectivity index (χ0) is 54.1. The number of likely N-dealkylation sites (N-methyl/N-ethyl adjacent to an activating group) is 1. The summed E-state index contributed by atoms with van der Waals surface area (Å²) in [5, 5.41) is 11.8. The Kier molecular flexibility index (Phi) is 52.2. The fourth-order valence-electron chi connectivity index (χ4n) is 7.72. The Labute approximate surface area is 454 Å². The van der Waals surface area contributed by atoms with Crippen molar-refractivity contribution < 1.29 is 42.9 Å². The van der Waals surface area contributed by atoms with Crippen molar-refractivity contribution >= 4 is 17.9 Å². The summed E-state index contributed by atoms with van der Waals surface area (Å²) in [5.41, 5.74) is 0. The Bertz CT molecular complexity index is 1580. The van der Waals surface area contributed by atoms with Crippen LogP contribution in [0.5, 0.6) is 0 Å². The van der Waals surface area contributed by atoms with Crippen LogP contribution in [0.1, 0.15) is 226 Å². The highest BCUT2D eigenvalue weighted by molar-refractivity contribution is 5.70. The highest BCUT2D eigenvalue weighted by Gasteiger charge is 2.22. The van der Waals surface area contributed by atoms with Crippen LogP contribution < -0.4 is 5.11 Å². The van der Waals surface area contributed by atoms with Gasteiger partial charge in [0, 0.05) is 12.8 Å². The lowest BCUT2D eigenvalue weighted by atomic mass is 10.1. The topological polar surface area (TPSA) is 111 Å². The largest absolute Gasteiger partial charge is 0.545 e.